The van der Waals surface area contributed by atoms with Gasteiger partial charge >= 0.3 is 0 Å². The second-order valence-corrected chi connectivity index (χ2v) is 12.0. The molecule has 0 bridgehead atoms. The van der Waals surface area contributed by atoms with E-state index in [9.17, 15) is 0 Å². The van der Waals surface area contributed by atoms with Crippen LogP contribution in [0.4, 0.5) is 11.4 Å². The normalized spacial score (nSPS) is 11.3. The van der Waals surface area contributed by atoms with Crippen molar-refractivity contribution >= 4 is 44.2 Å². The maximum Gasteiger partial charge on any atom is 0.0973 e. The second kappa shape index (κ2) is 11.7. The summed E-state index contributed by atoms with van der Waals surface area (Å²) in [5.74, 6) is 0. The number of fused-ring (bicyclic) bond motifs is 4. The van der Waals surface area contributed by atoms with Crippen LogP contribution in [0.1, 0.15) is 0 Å². The van der Waals surface area contributed by atoms with Crippen LogP contribution in [0.5, 0.6) is 0 Å². The van der Waals surface area contributed by atoms with Crippen molar-refractivity contribution in [3.8, 4) is 39.3 Å². The number of hydrogen-bond acceptors (Lipinski definition) is 3. The fourth-order valence-corrected chi connectivity index (χ4v) is 6.73. The number of aromatic nitrogens is 3. The summed E-state index contributed by atoms with van der Waals surface area (Å²) in [4.78, 5) is 10.1. The monoisotopic (exact) mass is 614 g/mol. The fourth-order valence-electron chi connectivity index (χ4n) is 6.73. The molecule has 226 valence electrons. The molecule has 1 N–H and O–H groups in total. The molecule has 0 fully saturated rings. The highest BCUT2D eigenvalue weighted by atomic mass is 15.0. The van der Waals surface area contributed by atoms with Gasteiger partial charge in [-0.3, -0.25) is 0 Å². The first-order valence-electron chi connectivity index (χ1n) is 16.2. The Labute approximate surface area is 278 Å². The summed E-state index contributed by atoms with van der Waals surface area (Å²) in [6.07, 6.45) is 0. The van der Waals surface area contributed by atoms with Gasteiger partial charge in [0.15, 0.2) is 0 Å². The highest BCUT2D eigenvalue weighted by Gasteiger charge is 2.18. The van der Waals surface area contributed by atoms with Crippen molar-refractivity contribution in [2.24, 2.45) is 0 Å². The van der Waals surface area contributed by atoms with E-state index in [0.717, 1.165) is 50.6 Å². The third-order valence-electron chi connectivity index (χ3n) is 8.93. The molecular formula is C44H30N4. The largest absolute Gasteiger partial charge is 0.355 e. The molecule has 0 aliphatic rings. The summed E-state index contributed by atoms with van der Waals surface area (Å²) in [6.45, 7) is 0. The molecule has 0 atom stereocenters. The Balaban J connectivity index is 1.16. The molecule has 0 amide bonds. The molecule has 0 aliphatic carbocycles. The van der Waals surface area contributed by atoms with Crippen molar-refractivity contribution in [3.05, 3.63) is 176 Å². The molecule has 48 heavy (non-hydrogen) atoms. The predicted molar refractivity (Wildman–Crippen MR) is 200 cm³/mol. The molecule has 4 nitrogen and oxygen atoms in total. The summed E-state index contributed by atoms with van der Waals surface area (Å²) >= 11 is 0. The Morgan fingerprint density at radius 1 is 0.417 bits per heavy atom. The van der Waals surface area contributed by atoms with Crippen molar-refractivity contribution in [2.75, 3.05) is 5.32 Å². The van der Waals surface area contributed by atoms with Crippen LogP contribution in [-0.4, -0.2) is 14.5 Å². The first kappa shape index (κ1) is 27.8. The van der Waals surface area contributed by atoms with E-state index in [-0.39, 0.29) is 0 Å². The molecule has 0 radical (unpaired) electrons. The summed E-state index contributed by atoms with van der Waals surface area (Å²) in [6, 6.07) is 61.4. The summed E-state index contributed by atoms with van der Waals surface area (Å²) in [5, 5.41) is 6.15. The van der Waals surface area contributed by atoms with Crippen molar-refractivity contribution in [3.63, 3.8) is 0 Å². The van der Waals surface area contributed by atoms with E-state index >= 15 is 0 Å². The maximum atomic E-state index is 5.09. The highest BCUT2D eigenvalue weighted by molar-refractivity contribution is 6.15. The van der Waals surface area contributed by atoms with Crippen LogP contribution in [-0.2, 0) is 0 Å². The molecule has 9 aromatic rings. The van der Waals surface area contributed by atoms with E-state index in [0.29, 0.717) is 0 Å². The van der Waals surface area contributed by atoms with Crippen molar-refractivity contribution in [1.29, 1.82) is 0 Å². The third-order valence-corrected chi connectivity index (χ3v) is 8.93. The predicted octanol–water partition coefficient (Wildman–Crippen LogP) is 11.5. The van der Waals surface area contributed by atoms with Crippen molar-refractivity contribution < 1.29 is 0 Å². The molecule has 0 spiro atoms. The van der Waals surface area contributed by atoms with Gasteiger partial charge < -0.3 is 9.88 Å². The lowest BCUT2D eigenvalue weighted by atomic mass is 10.0. The number of para-hydroxylation sites is 4. The molecule has 0 aliphatic heterocycles. The van der Waals surface area contributed by atoms with Gasteiger partial charge in [0, 0.05) is 44.5 Å². The Kier molecular flexibility index (Phi) is 6.76. The van der Waals surface area contributed by atoms with Crippen LogP contribution >= 0.6 is 0 Å². The Hall–Kier alpha value is -6.52. The SMILES string of the molecule is c1ccc(-c2nc3ccccc3nc2-c2ccc(Nc3cc(-c4ccccc4)c4c(c3)c3ccccc3n4-c3ccccc3)cc2)cc1. The number of nitrogens with zero attached hydrogens (tertiary/aromatic N) is 3. The minimum Gasteiger partial charge on any atom is -0.355 e. The zero-order chi connectivity index (χ0) is 31.9. The molecule has 0 saturated carbocycles. The number of benzene rings is 7. The topological polar surface area (TPSA) is 42.7 Å². The van der Waals surface area contributed by atoms with Gasteiger partial charge in [0.1, 0.15) is 0 Å². The zero-order valence-electron chi connectivity index (χ0n) is 26.1. The van der Waals surface area contributed by atoms with E-state index in [2.05, 4.69) is 143 Å². The first-order chi connectivity index (χ1) is 23.8. The van der Waals surface area contributed by atoms with Crippen molar-refractivity contribution in [1.82, 2.24) is 14.5 Å². The van der Waals surface area contributed by atoms with Crippen LogP contribution < -0.4 is 5.32 Å². The van der Waals surface area contributed by atoms with E-state index in [4.69, 9.17) is 9.97 Å². The smallest absolute Gasteiger partial charge is 0.0973 e. The number of hydrogen-bond donors (Lipinski definition) is 1. The molecule has 4 heteroatoms. The van der Waals surface area contributed by atoms with Gasteiger partial charge in [-0.2, -0.15) is 0 Å². The lowest BCUT2D eigenvalue weighted by Gasteiger charge is -2.15. The third kappa shape index (κ3) is 4.88. The van der Waals surface area contributed by atoms with Crippen molar-refractivity contribution in [2.45, 2.75) is 0 Å². The number of anilines is 2. The van der Waals surface area contributed by atoms with E-state index in [1.165, 1.54) is 32.9 Å². The van der Waals surface area contributed by atoms with Crippen LogP contribution in [0, 0.1) is 0 Å². The van der Waals surface area contributed by atoms with Gasteiger partial charge in [0.25, 0.3) is 0 Å². The van der Waals surface area contributed by atoms with Gasteiger partial charge in [-0.05, 0) is 60.2 Å². The molecule has 9 rings (SSSR count). The minimum atomic E-state index is 0.868. The van der Waals surface area contributed by atoms with Gasteiger partial charge in [0.2, 0.25) is 0 Å². The summed E-state index contributed by atoms with van der Waals surface area (Å²) in [5.41, 5.74) is 13.5. The quantitative estimate of drug-likeness (QED) is 0.203. The Morgan fingerprint density at radius 2 is 0.958 bits per heavy atom. The minimum absolute atomic E-state index is 0.868. The molecular weight excluding hydrogens is 585 g/mol. The second-order valence-electron chi connectivity index (χ2n) is 12.0. The van der Waals surface area contributed by atoms with E-state index in [1.807, 2.05) is 42.5 Å². The average molecular weight is 615 g/mol. The van der Waals surface area contributed by atoms with Gasteiger partial charge in [0.05, 0.1) is 33.5 Å². The highest BCUT2D eigenvalue weighted by Crippen LogP contribution is 2.41. The molecule has 2 aromatic heterocycles. The van der Waals surface area contributed by atoms with Crippen LogP contribution in [0.3, 0.4) is 0 Å². The molecule has 0 unspecified atom stereocenters. The van der Waals surface area contributed by atoms with Crippen LogP contribution in [0.2, 0.25) is 0 Å². The van der Waals surface area contributed by atoms with Gasteiger partial charge in [-0.1, -0.05) is 121 Å². The van der Waals surface area contributed by atoms with E-state index in [1.54, 1.807) is 0 Å². The molecule has 7 aromatic carbocycles. The lowest BCUT2D eigenvalue weighted by molar-refractivity contribution is 1.18. The van der Waals surface area contributed by atoms with E-state index < -0.39 is 0 Å². The van der Waals surface area contributed by atoms with Gasteiger partial charge in [-0.15, -0.1) is 0 Å². The fraction of sp³-hybridized carbons (Fsp3) is 0. The van der Waals surface area contributed by atoms with Crippen LogP contribution in [0.25, 0.3) is 72.2 Å². The first-order valence-corrected chi connectivity index (χ1v) is 16.2. The molecule has 2 heterocycles. The molecule has 0 saturated heterocycles. The maximum absolute atomic E-state index is 5.09. The summed E-state index contributed by atoms with van der Waals surface area (Å²) < 4.78 is 2.39. The average Bonchev–Trinajstić information content (AvgIpc) is 3.49. The Morgan fingerprint density at radius 3 is 1.62 bits per heavy atom. The lowest BCUT2D eigenvalue weighted by Crippen LogP contribution is -1.97. The Bertz CT molecular complexity index is 2560. The van der Waals surface area contributed by atoms with Gasteiger partial charge in [-0.25, -0.2) is 9.97 Å². The number of nitrogens with one attached hydrogen (secondary N) is 1. The zero-order valence-corrected chi connectivity index (χ0v) is 26.1. The standard InChI is InChI=1S/C44H30N4/c1-4-14-30(15-5-1)37-28-34(29-38-36-20-10-13-23-41(36)48(44(37)38)35-18-8-3-9-19-35)45-33-26-24-32(25-27-33)43-42(31-16-6-2-7-17-31)46-39-21-11-12-22-40(39)47-43/h1-29,45H. The summed E-state index contributed by atoms with van der Waals surface area (Å²) in [7, 11) is 0. The number of rotatable bonds is 6. The van der Waals surface area contributed by atoms with Crippen LogP contribution in [0.15, 0.2) is 176 Å².